The normalized spacial score (nSPS) is 15.4. The van der Waals surface area contributed by atoms with Gasteiger partial charge in [-0.25, -0.2) is 9.67 Å². The van der Waals surface area contributed by atoms with E-state index < -0.39 is 0 Å². The van der Waals surface area contributed by atoms with E-state index in [2.05, 4.69) is 25.7 Å². The molecule has 1 amide bonds. The second-order valence-corrected chi connectivity index (χ2v) is 6.02. The third-order valence-corrected chi connectivity index (χ3v) is 4.59. The van der Waals surface area contributed by atoms with Gasteiger partial charge >= 0.3 is 0 Å². The van der Waals surface area contributed by atoms with Crippen LogP contribution in [0.25, 0.3) is 0 Å². The van der Waals surface area contributed by atoms with Crippen molar-refractivity contribution in [3.05, 3.63) is 21.9 Å². The molecular weight excluding hydrogens is 324 g/mol. The molecule has 2 N–H and O–H groups in total. The number of thiazole rings is 1. The quantitative estimate of drug-likeness (QED) is 0.887. The summed E-state index contributed by atoms with van der Waals surface area (Å²) in [5.41, 5.74) is 2.40. The molecular formula is C13H19ClN6OS. The number of rotatable bonds is 3. The van der Waals surface area contributed by atoms with E-state index in [9.17, 15) is 4.79 Å². The molecule has 22 heavy (non-hydrogen) atoms. The first-order valence-corrected chi connectivity index (χ1v) is 7.86. The number of amides is 1. The van der Waals surface area contributed by atoms with Crippen LogP contribution in [-0.4, -0.2) is 38.7 Å². The molecule has 3 heterocycles. The van der Waals surface area contributed by atoms with Crippen molar-refractivity contribution >= 4 is 35.6 Å². The molecule has 120 valence electrons. The van der Waals surface area contributed by atoms with Crippen molar-refractivity contribution in [1.82, 2.24) is 25.1 Å². The van der Waals surface area contributed by atoms with Gasteiger partial charge in [0, 0.05) is 13.0 Å². The highest BCUT2D eigenvalue weighted by atomic mass is 35.5. The molecule has 1 aliphatic rings. The SMILES string of the molecule is Cc1ncsc1C(=O)Nc1nc(C2CCNCC2)nn1C.Cl. The topological polar surface area (TPSA) is 84.7 Å². The molecule has 0 aromatic carbocycles. The Labute approximate surface area is 139 Å². The van der Waals surface area contributed by atoms with E-state index in [-0.39, 0.29) is 18.3 Å². The first kappa shape index (κ1) is 16.9. The smallest absolute Gasteiger partial charge is 0.270 e. The summed E-state index contributed by atoms with van der Waals surface area (Å²) in [6, 6.07) is 0. The molecule has 0 aliphatic carbocycles. The molecule has 0 unspecified atom stereocenters. The molecule has 2 aromatic heterocycles. The van der Waals surface area contributed by atoms with Crippen molar-refractivity contribution in [2.45, 2.75) is 25.7 Å². The summed E-state index contributed by atoms with van der Waals surface area (Å²) in [4.78, 5) is 21.4. The molecule has 1 saturated heterocycles. The van der Waals surface area contributed by atoms with Crippen molar-refractivity contribution in [2.24, 2.45) is 7.05 Å². The molecule has 1 aliphatic heterocycles. The van der Waals surface area contributed by atoms with Crippen LogP contribution in [0.5, 0.6) is 0 Å². The standard InChI is InChI=1S/C13H18N6OS.ClH/c1-8-10(21-7-15-8)12(20)17-13-16-11(18-19(13)2)9-3-5-14-6-4-9;/h7,9,14H,3-6H2,1-2H3,(H,16,17,18,20);1H. The zero-order valence-corrected chi connectivity index (χ0v) is 14.1. The lowest BCUT2D eigenvalue weighted by Gasteiger charge is -2.19. The van der Waals surface area contributed by atoms with Gasteiger partial charge in [0.1, 0.15) is 4.88 Å². The number of aromatic nitrogens is 4. The van der Waals surface area contributed by atoms with E-state index in [1.807, 2.05) is 6.92 Å². The third-order valence-electron chi connectivity index (χ3n) is 3.66. The number of anilines is 1. The van der Waals surface area contributed by atoms with Gasteiger partial charge < -0.3 is 5.32 Å². The van der Waals surface area contributed by atoms with Crippen molar-refractivity contribution in [3.63, 3.8) is 0 Å². The van der Waals surface area contributed by atoms with Crippen molar-refractivity contribution in [2.75, 3.05) is 18.4 Å². The maximum atomic E-state index is 12.2. The van der Waals surface area contributed by atoms with E-state index in [1.165, 1.54) is 11.3 Å². The average molecular weight is 343 g/mol. The summed E-state index contributed by atoms with van der Waals surface area (Å²) < 4.78 is 1.63. The number of aryl methyl sites for hydroxylation is 2. The minimum Gasteiger partial charge on any atom is -0.317 e. The van der Waals surface area contributed by atoms with Crippen LogP contribution < -0.4 is 10.6 Å². The Morgan fingerprint density at radius 1 is 1.45 bits per heavy atom. The van der Waals surface area contributed by atoms with Crippen LogP contribution >= 0.6 is 23.7 Å². The molecule has 3 rings (SSSR count). The van der Waals surface area contributed by atoms with E-state index >= 15 is 0 Å². The zero-order valence-electron chi connectivity index (χ0n) is 12.5. The second-order valence-electron chi connectivity index (χ2n) is 5.16. The first-order chi connectivity index (χ1) is 10.1. The Bertz CT molecular complexity index is 649. The fraction of sp³-hybridized carbons (Fsp3) is 0.538. The fourth-order valence-corrected chi connectivity index (χ4v) is 3.14. The second kappa shape index (κ2) is 7.17. The van der Waals surface area contributed by atoms with Gasteiger partial charge in [0.15, 0.2) is 5.82 Å². The number of nitrogens with one attached hydrogen (secondary N) is 2. The summed E-state index contributed by atoms with van der Waals surface area (Å²) in [5.74, 6) is 1.49. The van der Waals surface area contributed by atoms with E-state index in [0.717, 1.165) is 37.4 Å². The lowest BCUT2D eigenvalue weighted by atomic mass is 9.98. The van der Waals surface area contributed by atoms with E-state index in [4.69, 9.17) is 0 Å². The number of halogens is 1. The number of carbonyl (C=O) groups excluding carboxylic acids is 1. The summed E-state index contributed by atoms with van der Waals surface area (Å²) in [6.07, 6.45) is 2.07. The highest BCUT2D eigenvalue weighted by Gasteiger charge is 2.22. The van der Waals surface area contributed by atoms with Gasteiger partial charge in [-0.1, -0.05) is 0 Å². The number of piperidine rings is 1. The lowest BCUT2D eigenvalue weighted by molar-refractivity contribution is 0.102. The summed E-state index contributed by atoms with van der Waals surface area (Å²) in [7, 11) is 1.80. The first-order valence-electron chi connectivity index (χ1n) is 6.98. The Morgan fingerprint density at radius 3 is 2.82 bits per heavy atom. The van der Waals surface area contributed by atoms with Gasteiger partial charge in [-0.3, -0.25) is 10.1 Å². The van der Waals surface area contributed by atoms with Crippen molar-refractivity contribution in [1.29, 1.82) is 0 Å². The van der Waals surface area contributed by atoms with Gasteiger partial charge in [0.2, 0.25) is 5.95 Å². The summed E-state index contributed by atoms with van der Waals surface area (Å²) in [6.45, 7) is 3.80. The Morgan fingerprint density at radius 2 is 2.18 bits per heavy atom. The number of carbonyl (C=O) groups is 1. The van der Waals surface area contributed by atoms with Crippen LogP contribution in [0, 0.1) is 6.92 Å². The number of hydrogen-bond donors (Lipinski definition) is 2. The third kappa shape index (κ3) is 3.45. The molecule has 9 heteroatoms. The zero-order chi connectivity index (χ0) is 14.8. The molecule has 0 radical (unpaired) electrons. The Balaban J connectivity index is 0.00000176. The van der Waals surface area contributed by atoms with E-state index in [1.54, 1.807) is 17.2 Å². The average Bonchev–Trinajstić information content (AvgIpc) is 3.07. The number of nitrogens with zero attached hydrogens (tertiary/aromatic N) is 4. The molecule has 0 spiro atoms. The van der Waals surface area contributed by atoms with Gasteiger partial charge in [-0.15, -0.1) is 23.7 Å². The van der Waals surface area contributed by atoms with Crippen LogP contribution in [0.2, 0.25) is 0 Å². The fourth-order valence-electron chi connectivity index (χ4n) is 2.44. The molecule has 7 nitrogen and oxygen atoms in total. The predicted octanol–water partition coefficient (Wildman–Crippen LogP) is 1.72. The van der Waals surface area contributed by atoms with Crippen LogP contribution in [0.1, 0.15) is 39.9 Å². The highest BCUT2D eigenvalue weighted by molar-refractivity contribution is 7.12. The molecule has 0 bridgehead atoms. The van der Waals surface area contributed by atoms with Crippen LogP contribution in [0.4, 0.5) is 5.95 Å². The lowest BCUT2D eigenvalue weighted by Crippen LogP contribution is -2.27. The molecule has 1 fully saturated rings. The highest BCUT2D eigenvalue weighted by Crippen LogP contribution is 2.23. The van der Waals surface area contributed by atoms with Crippen molar-refractivity contribution < 1.29 is 4.79 Å². The van der Waals surface area contributed by atoms with Gasteiger partial charge in [-0.05, 0) is 32.9 Å². The predicted molar refractivity (Wildman–Crippen MR) is 87.9 cm³/mol. The van der Waals surface area contributed by atoms with Crippen LogP contribution in [-0.2, 0) is 7.05 Å². The Kier molecular flexibility index (Phi) is 5.49. The van der Waals surface area contributed by atoms with E-state index in [0.29, 0.717) is 16.7 Å². The van der Waals surface area contributed by atoms with Gasteiger partial charge in [-0.2, -0.15) is 10.1 Å². The minimum atomic E-state index is -0.178. The maximum absolute atomic E-state index is 12.2. The Hall–Kier alpha value is -1.51. The van der Waals surface area contributed by atoms with Crippen molar-refractivity contribution in [3.8, 4) is 0 Å². The van der Waals surface area contributed by atoms with Crippen LogP contribution in [0.3, 0.4) is 0 Å². The monoisotopic (exact) mass is 342 g/mol. The summed E-state index contributed by atoms with van der Waals surface area (Å²) >= 11 is 1.33. The summed E-state index contributed by atoms with van der Waals surface area (Å²) in [5, 5.41) is 10.6. The minimum absolute atomic E-state index is 0. The maximum Gasteiger partial charge on any atom is 0.270 e. The largest absolute Gasteiger partial charge is 0.317 e. The number of hydrogen-bond acceptors (Lipinski definition) is 6. The molecule has 0 saturated carbocycles. The molecule has 2 aromatic rings. The molecule has 0 atom stereocenters. The van der Waals surface area contributed by atoms with Gasteiger partial charge in [0.25, 0.3) is 5.91 Å². The van der Waals surface area contributed by atoms with Gasteiger partial charge in [0.05, 0.1) is 11.2 Å². The van der Waals surface area contributed by atoms with Crippen LogP contribution in [0.15, 0.2) is 5.51 Å².